The van der Waals surface area contributed by atoms with Crippen LogP contribution in [-0.4, -0.2) is 52.2 Å². The second kappa shape index (κ2) is 7.92. The fourth-order valence-corrected chi connectivity index (χ4v) is 3.42. The predicted octanol–water partition coefficient (Wildman–Crippen LogP) is 2.36. The van der Waals surface area contributed by atoms with E-state index in [4.69, 9.17) is 4.42 Å². The molecule has 0 aromatic carbocycles. The molecule has 1 atom stereocenters. The minimum absolute atomic E-state index is 0.217. The molecule has 2 aromatic rings. The third-order valence-electron chi connectivity index (χ3n) is 4.64. The molecule has 5 nitrogen and oxygen atoms in total. The molecular formula is C19H27N3O2. The molecule has 0 aliphatic carbocycles. The van der Waals surface area contributed by atoms with E-state index in [0.29, 0.717) is 6.04 Å². The van der Waals surface area contributed by atoms with E-state index in [1.54, 1.807) is 0 Å². The third kappa shape index (κ3) is 4.44. The van der Waals surface area contributed by atoms with Crippen molar-refractivity contribution in [3.8, 4) is 0 Å². The molecule has 1 N–H and O–H groups in total. The number of rotatable bonds is 6. The highest BCUT2D eigenvalue weighted by atomic mass is 16.3. The minimum atomic E-state index is 0.217. The van der Waals surface area contributed by atoms with Gasteiger partial charge in [-0.3, -0.25) is 14.8 Å². The molecule has 0 amide bonds. The van der Waals surface area contributed by atoms with Crippen LogP contribution in [0.25, 0.3) is 0 Å². The first-order valence-corrected chi connectivity index (χ1v) is 8.69. The summed E-state index contributed by atoms with van der Waals surface area (Å²) in [6.45, 7) is 8.85. The first-order chi connectivity index (χ1) is 11.6. The van der Waals surface area contributed by atoms with Gasteiger partial charge in [0.05, 0.1) is 12.2 Å². The van der Waals surface area contributed by atoms with Crippen LogP contribution in [0, 0.1) is 13.8 Å². The highest BCUT2D eigenvalue weighted by Gasteiger charge is 2.27. The van der Waals surface area contributed by atoms with Crippen molar-refractivity contribution in [2.45, 2.75) is 39.4 Å². The zero-order valence-electron chi connectivity index (χ0n) is 14.6. The van der Waals surface area contributed by atoms with Crippen molar-refractivity contribution in [1.82, 2.24) is 14.8 Å². The Balaban J connectivity index is 1.62. The standard InChI is InChI=1S/C19H27N3O2/c1-15-4-3-5-17(20-15)12-21-9-10-22(18(13-21)8-11-23)14-19-7-6-16(2)24-19/h3-7,18,23H,8-14H2,1-2H3/t18-/m1/s1. The third-order valence-corrected chi connectivity index (χ3v) is 4.64. The van der Waals surface area contributed by atoms with E-state index in [1.807, 2.05) is 32.0 Å². The number of hydrogen-bond acceptors (Lipinski definition) is 5. The first-order valence-electron chi connectivity index (χ1n) is 8.69. The Labute approximate surface area is 143 Å². The van der Waals surface area contributed by atoms with E-state index in [-0.39, 0.29) is 6.61 Å². The molecule has 3 rings (SSSR count). The van der Waals surface area contributed by atoms with E-state index in [0.717, 1.165) is 62.1 Å². The fraction of sp³-hybridized carbons (Fsp3) is 0.526. The van der Waals surface area contributed by atoms with Crippen LogP contribution in [0.1, 0.15) is 29.3 Å². The fourth-order valence-electron chi connectivity index (χ4n) is 3.42. The molecule has 1 saturated heterocycles. The van der Waals surface area contributed by atoms with Gasteiger partial charge >= 0.3 is 0 Å². The molecule has 0 saturated carbocycles. The maximum atomic E-state index is 9.44. The number of aromatic nitrogens is 1. The lowest BCUT2D eigenvalue weighted by Gasteiger charge is -2.41. The topological polar surface area (TPSA) is 52.7 Å². The monoisotopic (exact) mass is 329 g/mol. The van der Waals surface area contributed by atoms with E-state index in [1.165, 1.54) is 0 Å². The molecule has 0 spiro atoms. The van der Waals surface area contributed by atoms with Gasteiger partial charge in [-0.05, 0) is 44.5 Å². The Morgan fingerprint density at radius 1 is 1.17 bits per heavy atom. The molecule has 0 unspecified atom stereocenters. The number of piperazine rings is 1. The van der Waals surface area contributed by atoms with Crippen LogP contribution in [0.3, 0.4) is 0 Å². The number of pyridine rings is 1. The number of aliphatic hydroxyl groups excluding tert-OH is 1. The number of nitrogens with zero attached hydrogens (tertiary/aromatic N) is 3. The molecule has 5 heteroatoms. The first kappa shape index (κ1) is 17.1. The highest BCUT2D eigenvalue weighted by molar-refractivity contribution is 5.10. The number of hydrogen-bond donors (Lipinski definition) is 1. The van der Waals surface area contributed by atoms with Gasteiger partial charge in [0.25, 0.3) is 0 Å². The molecule has 1 aliphatic heterocycles. The minimum Gasteiger partial charge on any atom is -0.465 e. The Morgan fingerprint density at radius 3 is 2.75 bits per heavy atom. The summed E-state index contributed by atoms with van der Waals surface area (Å²) >= 11 is 0. The summed E-state index contributed by atoms with van der Waals surface area (Å²) in [5, 5.41) is 9.44. The van der Waals surface area contributed by atoms with Crippen LogP contribution in [0.2, 0.25) is 0 Å². The lowest BCUT2D eigenvalue weighted by molar-refractivity contribution is 0.0448. The lowest BCUT2D eigenvalue weighted by atomic mass is 10.1. The summed E-state index contributed by atoms with van der Waals surface area (Å²) in [6, 6.07) is 10.6. The van der Waals surface area contributed by atoms with E-state index in [9.17, 15) is 5.11 Å². The lowest BCUT2D eigenvalue weighted by Crippen LogP contribution is -2.52. The summed E-state index contributed by atoms with van der Waals surface area (Å²) < 4.78 is 5.72. The van der Waals surface area contributed by atoms with Crippen LogP contribution in [0.15, 0.2) is 34.7 Å². The van der Waals surface area contributed by atoms with Crippen molar-refractivity contribution in [3.63, 3.8) is 0 Å². The quantitative estimate of drug-likeness (QED) is 0.882. The van der Waals surface area contributed by atoms with Gasteiger partial charge in [0.2, 0.25) is 0 Å². The summed E-state index contributed by atoms with van der Waals surface area (Å²) in [5.41, 5.74) is 2.18. The van der Waals surface area contributed by atoms with Crippen molar-refractivity contribution in [1.29, 1.82) is 0 Å². The zero-order chi connectivity index (χ0) is 16.9. The van der Waals surface area contributed by atoms with Crippen LogP contribution in [0.5, 0.6) is 0 Å². The molecule has 0 radical (unpaired) electrons. The number of aliphatic hydroxyl groups is 1. The molecule has 1 fully saturated rings. The number of aryl methyl sites for hydroxylation is 2. The predicted molar refractivity (Wildman–Crippen MR) is 93.6 cm³/mol. The van der Waals surface area contributed by atoms with Crippen LogP contribution >= 0.6 is 0 Å². The van der Waals surface area contributed by atoms with E-state index in [2.05, 4.69) is 26.9 Å². The van der Waals surface area contributed by atoms with Gasteiger partial charge in [-0.1, -0.05) is 6.07 Å². The van der Waals surface area contributed by atoms with Crippen molar-refractivity contribution in [3.05, 3.63) is 53.2 Å². The Morgan fingerprint density at radius 2 is 2.04 bits per heavy atom. The van der Waals surface area contributed by atoms with Gasteiger partial charge in [-0.2, -0.15) is 0 Å². The zero-order valence-corrected chi connectivity index (χ0v) is 14.6. The van der Waals surface area contributed by atoms with E-state index < -0.39 is 0 Å². The van der Waals surface area contributed by atoms with Crippen molar-refractivity contribution >= 4 is 0 Å². The average molecular weight is 329 g/mol. The summed E-state index contributed by atoms with van der Waals surface area (Å²) in [7, 11) is 0. The maximum Gasteiger partial charge on any atom is 0.118 e. The average Bonchev–Trinajstić information content (AvgIpc) is 2.95. The molecule has 130 valence electrons. The van der Waals surface area contributed by atoms with Gasteiger partial charge < -0.3 is 9.52 Å². The van der Waals surface area contributed by atoms with Gasteiger partial charge in [-0.25, -0.2) is 0 Å². The highest BCUT2D eigenvalue weighted by Crippen LogP contribution is 2.19. The number of furan rings is 1. The summed E-state index contributed by atoms with van der Waals surface area (Å²) in [4.78, 5) is 9.47. The van der Waals surface area contributed by atoms with Crippen LogP contribution in [-0.2, 0) is 13.1 Å². The molecular weight excluding hydrogens is 302 g/mol. The van der Waals surface area contributed by atoms with Gasteiger partial charge in [0.1, 0.15) is 11.5 Å². The second-order valence-corrected chi connectivity index (χ2v) is 6.65. The van der Waals surface area contributed by atoms with Crippen molar-refractivity contribution in [2.24, 2.45) is 0 Å². The maximum absolute atomic E-state index is 9.44. The van der Waals surface area contributed by atoms with Gasteiger partial charge in [-0.15, -0.1) is 0 Å². The smallest absolute Gasteiger partial charge is 0.118 e. The van der Waals surface area contributed by atoms with Crippen molar-refractivity contribution < 1.29 is 9.52 Å². The van der Waals surface area contributed by atoms with Gasteiger partial charge in [0.15, 0.2) is 0 Å². The van der Waals surface area contributed by atoms with Crippen LogP contribution in [0.4, 0.5) is 0 Å². The van der Waals surface area contributed by atoms with E-state index >= 15 is 0 Å². The molecule has 3 heterocycles. The Bertz CT molecular complexity index is 656. The van der Waals surface area contributed by atoms with Crippen molar-refractivity contribution in [2.75, 3.05) is 26.2 Å². The Kier molecular flexibility index (Phi) is 5.66. The normalized spacial score (nSPS) is 19.7. The summed E-state index contributed by atoms with van der Waals surface area (Å²) in [5.74, 6) is 1.96. The molecule has 24 heavy (non-hydrogen) atoms. The van der Waals surface area contributed by atoms with Gasteiger partial charge in [0, 0.05) is 44.5 Å². The molecule has 2 aromatic heterocycles. The SMILES string of the molecule is Cc1cccc(CN2CCN(Cc3ccc(C)o3)[C@H](CCO)C2)n1. The molecule has 1 aliphatic rings. The largest absolute Gasteiger partial charge is 0.465 e. The molecule has 0 bridgehead atoms. The Hall–Kier alpha value is -1.69. The van der Waals surface area contributed by atoms with Crippen LogP contribution < -0.4 is 0 Å². The second-order valence-electron chi connectivity index (χ2n) is 6.65. The summed E-state index contributed by atoms with van der Waals surface area (Å²) in [6.07, 6.45) is 0.789.